The molecule has 8 atom stereocenters. The lowest BCUT2D eigenvalue weighted by atomic mass is 9.66. The number of allylic oxidation sites excluding steroid dienone is 2. The molecule has 0 amide bonds. The zero-order valence-electron chi connectivity index (χ0n) is 29.7. The number of methoxy groups -OCH3 is 1. The highest BCUT2D eigenvalue weighted by molar-refractivity contribution is 5.89. The summed E-state index contributed by atoms with van der Waals surface area (Å²) in [4.78, 5) is 52.2. The Balaban J connectivity index is 1.50. The molecule has 0 saturated heterocycles. The Morgan fingerprint density at radius 1 is 1.12 bits per heavy atom. The van der Waals surface area contributed by atoms with Gasteiger partial charge in [0, 0.05) is 24.0 Å². The number of esters is 3. The number of carbonyl (C=O) groups is 3. The number of hydrogen-bond acceptors (Lipinski definition) is 13. The number of rotatable bonds is 20. The first-order valence-corrected chi connectivity index (χ1v) is 17.4. The SMILES string of the molecule is C=C(CCCCO[N+](=O)[O-])C(=O)Oc1ccc(OC(=O)C[C@H](O)C[C@H](O)CC[C@@H]2[C@@H]3C(=C[C@@H](O)C[C@@H]3OC(=O)[C@@H](C)CC)C=C[C@@H]2C)c(OC)c1. The van der Waals surface area contributed by atoms with Gasteiger partial charge in [0.25, 0.3) is 5.09 Å². The Hall–Kier alpha value is -4.27. The molecule has 3 N–H and O–H groups in total. The average molecular weight is 718 g/mol. The minimum absolute atomic E-state index is 0.0239. The molecule has 0 radical (unpaired) electrons. The Labute approximate surface area is 298 Å². The zero-order chi connectivity index (χ0) is 37.7. The van der Waals surface area contributed by atoms with Gasteiger partial charge in [-0.2, -0.15) is 0 Å². The van der Waals surface area contributed by atoms with Gasteiger partial charge in [0.1, 0.15) is 11.9 Å². The van der Waals surface area contributed by atoms with Gasteiger partial charge in [-0.05, 0) is 74.5 Å². The van der Waals surface area contributed by atoms with Gasteiger partial charge in [0.15, 0.2) is 11.5 Å². The van der Waals surface area contributed by atoms with Crippen molar-refractivity contribution in [2.75, 3.05) is 13.7 Å². The number of fused-ring (bicyclic) bond motifs is 1. The first-order chi connectivity index (χ1) is 24.2. The van der Waals surface area contributed by atoms with Crippen LogP contribution in [0.5, 0.6) is 17.2 Å². The minimum atomic E-state index is -1.19. The fraction of sp³-hybridized carbons (Fsp3) is 0.595. The van der Waals surface area contributed by atoms with Gasteiger partial charge < -0.3 is 39.1 Å². The van der Waals surface area contributed by atoms with E-state index >= 15 is 0 Å². The quantitative estimate of drug-likeness (QED) is 0.0415. The number of aliphatic hydroxyl groups excluding tert-OH is 3. The molecule has 282 valence electrons. The topological polar surface area (TPSA) is 201 Å². The summed E-state index contributed by atoms with van der Waals surface area (Å²) in [5.74, 6) is -1.77. The summed E-state index contributed by atoms with van der Waals surface area (Å²) in [7, 11) is 1.34. The third-order valence-electron chi connectivity index (χ3n) is 9.36. The molecular formula is C37H51NO13. The highest BCUT2D eigenvalue weighted by Gasteiger charge is 2.42. The molecule has 0 spiro atoms. The van der Waals surface area contributed by atoms with Crippen LogP contribution in [0.4, 0.5) is 0 Å². The zero-order valence-corrected chi connectivity index (χ0v) is 29.7. The third kappa shape index (κ3) is 12.8. The van der Waals surface area contributed by atoms with Crippen LogP contribution in [0.3, 0.4) is 0 Å². The number of hydrogen-bond donors (Lipinski definition) is 3. The van der Waals surface area contributed by atoms with Crippen molar-refractivity contribution in [1.82, 2.24) is 0 Å². The fourth-order valence-corrected chi connectivity index (χ4v) is 6.33. The Kier molecular flexibility index (Phi) is 16.1. The second-order valence-corrected chi connectivity index (χ2v) is 13.3. The monoisotopic (exact) mass is 717 g/mol. The van der Waals surface area contributed by atoms with Gasteiger partial charge in [-0.3, -0.25) is 9.59 Å². The van der Waals surface area contributed by atoms with Crippen LogP contribution in [0.2, 0.25) is 0 Å². The van der Waals surface area contributed by atoms with Crippen molar-refractivity contribution in [3.8, 4) is 17.2 Å². The molecule has 0 aliphatic heterocycles. The molecule has 0 fully saturated rings. The number of unbranched alkanes of at least 4 members (excludes halogenated alkanes) is 1. The minimum Gasteiger partial charge on any atom is -0.493 e. The highest BCUT2D eigenvalue weighted by Crippen LogP contribution is 2.44. The van der Waals surface area contributed by atoms with E-state index in [2.05, 4.69) is 24.4 Å². The molecule has 1 aromatic rings. The first-order valence-electron chi connectivity index (χ1n) is 17.4. The summed E-state index contributed by atoms with van der Waals surface area (Å²) in [6.45, 7) is 9.40. The van der Waals surface area contributed by atoms with E-state index in [1.807, 2.05) is 19.9 Å². The maximum absolute atomic E-state index is 12.7. The molecule has 14 nitrogen and oxygen atoms in total. The molecule has 2 aliphatic carbocycles. The largest absolute Gasteiger partial charge is 0.493 e. The highest BCUT2D eigenvalue weighted by atomic mass is 16.9. The third-order valence-corrected chi connectivity index (χ3v) is 9.36. The molecule has 3 rings (SSSR count). The van der Waals surface area contributed by atoms with Gasteiger partial charge >= 0.3 is 17.9 Å². The standard InChI is InChI=1S/C37H51NO13/c1-6-22(2)36(43)51-33-19-27(40)17-25-11-10-23(3)30(35(25)33)14-12-26(39)18-28(41)20-34(42)50-31-15-13-29(21-32(31)47-5)49-37(44)24(4)9-7-8-16-48-38(45)46/h10-11,13,15,17,21-23,26-28,30,33,35,39-41H,4,6-9,12,14,16,18-20H2,1-3,5H3/t22-,23-,26+,27+,28+,30-,33-,35-/m0/s1. The molecule has 0 aromatic heterocycles. The Morgan fingerprint density at radius 3 is 2.55 bits per heavy atom. The van der Waals surface area contributed by atoms with E-state index in [0.717, 1.165) is 5.57 Å². The molecule has 0 saturated carbocycles. The van der Waals surface area contributed by atoms with Crippen LogP contribution in [0.15, 0.2) is 54.2 Å². The van der Waals surface area contributed by atoms with Crippen LogP contribution < -0.4 is 14.2 Å². The van der Waals surface area contributed by atoms with Crippen LogP contribution >= 0.6 is 0 Å². The summed E-state index contributed by atoms with van der Waals surface area (Å²) >= 11 is 0. The van der Waals surface area contributed by atoms with E-state index in [1.165, 1.54) is 25.3 Å². The smallest absolute Gasteiger partial charge is 0.338 e. The predicted octanol–water partition coefficient (Wildman–Crippen LogP) is 4.81. The van der Waals surface area contributed by atoms with Crippen LogP contribution in [0, 0.1) is 33.8 Å². The summed E-state index contributed by atoms with van der Waals surface area (Å²) in [6, 6.07) is 4.12. The van der Waals surface area contributed by atoms with Crippen molar-refractivity contribution in [3.05, 3.63) is 64.3 Å². The number of aliphatic hydroxyl groups is 3. The number of benzene rings is 1. The maximum atomic E-state index is 12.7. The number of ether oxygens (including phenoxy) is 4. The average Bonchev–Trinajstić information content (AvgIpc) is 3.07. The van der Waals surface area contributed by atoms with E-state index in [9.17, 15) is 39.8 Å². The molecule has 0 heterocycles. The van der Waals surface area contributed by atoms with Crippen LogP contribution in [0.25, 0.3) is 0 Å². The molecule has 2 aliphatic rings. The number of carbonyl (C=O) groups excluding carboxylic acids is 3. The van der Waals surface area contributed by atoms with E-state index in [4.69, 9.17) is 18.9 Å². The molecule has 14 heteroatoms. The Bertz CT molecular complexity index is 1440. The summed E-state index contributed by atoms with van der Waals surface area (Å²) in [5.41, 5.74) is 1.08. The fourth-order valence-electron chi connectivity index (χ4n) is 6.33. The van der Waals surface area contributed by atoms with Crippen LogP contribution in [-0.2, 0) is 24.0 Å². The van der Waals surface area contributed by atoms with Gasteiger partial charge in [0.05, 0.1) is 44.4 Å². The summed E-state index contributed by atoms with van der Waals surface area (Å²) in [6.07, 6.45) is 4.95. The second kappa shape index (κ2) is 19.9. The lowest BCUT2D eigenvalue weighted by molar-refractivity contribution is -0.757. The van der Waals surface area contributed by atoms with Crippen molar-refractivity contribution in [2.24, 2.45) is 23.7 Å². The lowest BCUT2D eigenvalue weighted by Gasteiger charge is -2.43. The van der Waals surface area contributed by atoms with Gasteiger partial charge in [-0.15, -0.1) is 10.1 Å². The van der Waals surface area contributed by atoms with E-state index in [0.29, 0.717) is 38.5 Å². The van der Waals surface area contributed by atoms with Crippen molar-refractivity contribution in [3.63, 3.8) is 0 Å². The van der Waals surface area contributed by atoms with E-state index in [1.54, 1.807) is 6.08 Å². The summed E-state index contributed by atoms with van der Waals surface area (Å²) in [5, 5.41) is 41.2. The Morgan fingerprint density at radius 2 is 1.86 bits per heavy atom. The van der Waals surface area contributed by atoms with E-state index in [-0.39, 0.29) is 71.9 Å². The van der Waals surface area contributed by atoms with Crippen LogP contribution in [-0.4, -0.2) is 76.4 Å². The predicted molar refractivity (Wildman–Crippen MR) is 184 cm³/mol. The summed E-state index contributed by atoms with van der Waals surface area (Å²) < 4.78 is 21.9. The normalized spacial score (nSPS) is 22.7. The molecule has 51 heavy (non-hydrogen) atoms. The van der Waals surface area contributed by atoms with Gasteiger partial charge in [-0.25, -0.2) is 4.79 Å². The van der Waals surface area contributed by atoms with Gasteiger partial charge in [0.2, 0.25) is 0 Å². The van der Waals surface area contributed by atoms with E-state index < -0.39 is 47.9 Å². The molecular weight excluding hydrogens is 666 g/mol. The lowest BCUT2D eigenvalue weighted by Crippen LogP contribution is -2.43. The second-order valence-electron chi connectivity index (χ2n) is 13.3. The van der Waals surface area contributed by atoms with Crippen molar-refractivity contribution >= 4 is 17.9 Å². The van der Waals surface area contributed by atoms with Gasteiger partial charge in [-0.1, -0.05) is 45.6 Å². The van der Waals surface area contributed by atoms with Crippen molar-refractivity contribution < 1.29 is 58.6 Å². The number of nitrogens with zero attached hydrogens (tertiary/aromatic N) is 1. The van der Waals surface area contributed by atoms with Crippen molar-refractivity contribution in [2.45, 2.75) is 103 Å². The molecule has 0 bridgehead atoms. The molecule has 0 unspecified atom stereocenters. The molecule has 1 aromatic carbocycles. The first kappa shape index (κ1) is 41.2. The van der Waals surface area contributed by atoms with Crippen molar-refractivity contribution in [1.29, 1.82) is 0 Å². The van der Waals surface area contributed by atoms with Crippen LogP contribution in [0.1, 0.15) is 78.6 Å². The maximum Gasteiger partial charge on any atom is 0.338 e.